The molecular weight excluding hydrogens is 127 g/mol. The van der Waals surface area contributed by atoms with Crippen LogP contribution in [-0.2, 0) is 0 Å². The Labute approximate surface area is 76.5 Å². The molecule has 11 heavy (non-hydrogen) atoms. The van der Waals surface area contributed by atoms with E-state index >= 15 is 0 Å². The number of hydrogen-bond acceptors (Lipinski definition) is 0. The molecule has 0 aromatic heterocycles. The quantitative estimate of drug-likeness (QED) is 0.480. The molecule has 0 saturated carbocycles. The maximum absolute atomic E-state index is 2.28. The van der Waals surface area contributed by atoms with Crippen LogP contribution in [0.3, 0.4) is 0 Å². The summed E-state index contributed by atoms with van der Waals surface area (Å²) in [4.78, 5) is 0. The normalized spacial score (nSPS) is 21.5. The number of rotatable bonds is 0. The van der Waals surface area contributed by atoms with Gasteiger partial charge in [-0.05, 0) is 0 Å². The molecular formula is C10H9Li. The summed E-state index contributed by atoms with van der Waals surface area (Å²) >= 11 is 2.28. The predicted molar refractivity (Wildman–Crippen MR) is 48.6 cm³/mol. The van der Waals surface area contributed by atoms with E-state index in [1.165, 1.54) is 17.5 Å². The van der Waals surface area contributed by atoms with Crippen molar-refractivity contribution in [2.24, 2.45) is 0 Å². The van der Waals surface area contributed by atoms with Crippen LogP contribution < -0.4 is 0 Å². The van der Waals surface area contributed by atoms with Gasteiger partial charge in [-0.15, -0.1) is 0 Å². The van der Waals surface area contributed by atoms with E-state index in [4.69, 9.17) is 0 Å². The van der Waals surface area contributed by atoms with Gasteiger partial charge in [0.15, 0.2) is 0 Å². The van der Waals surface area contributed by atoms with Gasteiger partial charge in [0.05, 0.1) is 0 Å². The fourth-order valence-electron chi connectivity index (χ4n) is 1.64. The zero-order valence-electron chi connectivity index (χ0n) is 6.75. The molecule has 0 heterocycles. The van der Waals surface area contributed by atoms with Gasteiger partial charge in [0.2, 0.25) is 0 Å². The second-order valence-electron chi connectivity index (χ2n) is 3.17. The summed E-state index contributed by atoms with van der Waals surface area (Å²) in [7, 11) is 0. The standard InChI is InChI=1S/C10H9.Li/c1-2-6-10-8-4-3-7-9(10)5-1;/h1-3,5-8H,4H2;. The minimum atomic E-state index is 0.705. The van der Waals surface area contributed by atoms with Gasteiger partial charge in [0, 0.05) is 0 Å². The van der Waals surface area contributed by atoms with Gasteiger partial charge in [-0.3, -0.25) is 0 Å². The van der Waals surface area contributed by atoms with E-state index < -0.39 is 0 Å². The van der Waals surface area contributed by atoms with E-state index in [1.807, 2.05) is 0 Å². The Hall–Kier alpha value is -0.443. The van der Waals surface area contributed by atoms with E-state index in [0.717, 1.165) is 0 Å². The van der Waals surface area contributed by atoms with E-state index in [-0.39, 0.29) is 0 Å². The summed E-state index contributed by atoms with van der Waals surface area (Å²) in [5, 5.41) is 0. The molecule has 1 aromatic carbocycles. The third-order valence-electron chi connectivity index (χ3n) is 2.31. The molecule has 0 bridgehead atoms. The van der Waals surface area contributed by atoms with E-state index in [2.05, 4.69) is 54.1 Å². The van der Waals surface area contributed by atoms with Crippen molar-refractivity contribution >= 4 is 23.8 Å². The molecule has 1 atom stereocenters. The van der Waals surface area contributed by atoms with Crippen LogP contribution >= 0.6 is 0 Å². The third-order valence-corrected chi connectivity index (χ3v) is 2.31. The third kappa shape index (κ3) is 1.29. The molecule has 0 amide bonds. The summed E-state index contributed by atoms with van der Waals surface area (Å²) in [6.07, 6.45) is 5.67. The van der Waals surface area contributed by atoms with E-state index in [1.54, 1.807) is 0 Å². The second-order valence-corrected chi connectivity index (χ2v) is 3.17. The Morgan fingerprint density at radius 1 is 1.27 bits per heavy atom. The molecule has 0 fully saturated rings. The molecule has 1 unspecified atom stereocenters. The molecule has 0 saturated heterocycles. The van der Waals surface area contributed by atoms with Crippen LogP contribution in [0.2, 0.25) is 0 Å². The van der Waals surface area contributed by atoms with Crippen LogP contribution in [0.1, 0.15) is 22.1 Å². The molecule has 50 valence electrons. The molecule has 1 aliphatic rings. The number of fused-ring (bicyclic) bond motifs is 1. The Balaban J connectivity index is 2.54. The number of benzene rings is 1. The molecule has 0 aliphatic heterocycles. The molecule has 2 rings (SSSR count). The van der Waals surface area contributed by atoms with Crippen LogP contribution in [0.4, 0.5) is 0 Å². The maximum atomic E-state index is 2.28. The monoisotopic (exact) mass is 136 g/mol. The van der Waals surface area contributed by atoms with Crippen molar-refractivity contribution in [1.82, 2.24) is 0 Å². The fraction of sp³-hybridized carbons (Fsp3) is 0.200. The zero-order chi connectivity index (χ0) is 7.68. The zero-order valence-corrected chi connectivity index (χ0v) is 6.75. The van der Waals surface area contributed by atoms with Crippen molar-refractivity contribution in [3.63, 3.8) is 0 Å². The average Bonchev–Trinajstić information content (AvgIpc) is 2.06. The van der Waals surface area contributed by atoms with Crippen molar-refractivity contribution in [1.29, 1.82) is 0 Å². The molecule has 1 aliphatic carbocycles. The van der Waals surface area contributed by atoms with Gasteiger partial charge < -0.3 is 0 Å². The van der Waals surface area contributed by atoms with Gasteiger partial charge in [0.1, 0.15) is 0 Å². The van der Waals surface area contributed by atoms with Crippen molar-refractivity contribution in [3.8, 4) is 0 Å². The summed E-state index contributed by atoms with van der Waals surface area (Å²) in [6.45, 7) is 0. The molecule has 1 heteroatoms. The first kappa shape index (κ1) is 7.22. The Kier molecular flexibility index (Phi) is 1.90. The molecule has 0 radical (unpaired) electrons. The topological polar surface area (TPSA) is 0 Å². The van der Waals surface area contributed by atoms with E-state index in [9.17, 15) is 0 Å². The van der Waals surface area contributed by atoms with Crippen molar-refractivity contribution in [2.75, 3.05) is 0 Å². The van der Waals surface area contributed by atoms with Crippen LogP contribution in [0, 0.1) is 0 Å². The van der Waals surface area contributed by atoms with Gasteiger partial charge >= 0.3 is 76.3 Å². The van der Waals surface area contributed by atoms with Gasteiger partial charge in [0.25, 0.3) is 0 Å². The second kappa shape index (κ2) is 2.89. The van der Waals surface area contributed by atoms with E-state index in [0.29, 0.717) is 4.59 Å². The van der Waals surface area contributed by atoms with Crippen LogP contribution in [0.25, 0.3) is 6.08 Å². The summed E-state index contributed by atoms with van der Waals surface area (Å²) in [5.41, 5.74) is 2.89. The first-order chi connectivity index (χ1) is 5.38. The van der Waals surface area contributed by atoms with Gasteiger partial charge in [-0.1, -0.05) is 0 Å². The van der Waals surface area contributed by atoms with Crippen molar-refractivity contribution in [2.45, 2.75) is 11.0 Å². The summed E-state index contributed by atoms with van der Waals surface area (Å²) in [5.74, 6) is 0. The van der Waals surface area contributed by atoms with Crippen LogP contribution in [0.15, 0.2) is 30.3 Å². The fourth-order valence-corrected chi connectivity index (χ4v) is 1.64. The van der Waals surface area contributed by atoms with Crippen LogP contribution in [-0.4, -0.2) is 17.7 Å². The van der Waals surface area contributed by atoms with Gasteiger partial charge in [-0.2, -0.15) is 0 Å². The SMILES string of the molecule is [Li][CH]1CC=Cc2ccccc21. The molecule has 0 N–H and O–H groups in total. The Morgan fingerprint density at radius 3 is 2.91 bits per heavy atom. The van der Waals surface area contributed by atoms with Crippen molar-refractivity contribution < 1.29 is 0 Å². The number of hydrogen-bond donors (Lipinski definition) is 0. The molecule has 0 nitrogen and oxygen atoms in total. The minimum absolute atomic E-state index is 0.705. The first-order valence-corrected chi connectivity index (χ1v) is 4.13. The predicted octanol–water partition coefficient (Wildman–Crippen LogP) is 2.31. The Morgan fingerprint density at radius 2 is 2.09 bits per heavy atom. The number of allylic oxidation sites excluding steroid dienone is 1. The summed E-state index contributed by atoms with van der Waals surface area (Å²) < 4.78 is 0.705. The van der Waals surface area contributed by atoms with Crippen LogP contribution in [0.5, 0.6) is 0 Å². The van der Waals surface area contributed by atoms with Crippen molar-refractivity contribution in [3.05, 3.63) is 41.5 Å². The molecule has 1 aromatic rings. The molecule has 0 spiro atoms. The van der Waals surface area contributed by atoms with Gasteiger partial charge in [-0.25, -0.2) is 0 Å². The first-order valence-electron chi connectivity index (χ1n) is 4.13. The summed E-state index contributed by atoms with van der Waals surface area (Å²) in [6, 6.07) is 8.63. The average molecular weight is 136 g/mol. The Bertz CT molecular complexity index is 289.